The van der Waals surface area contributed by atoms with Gasteiger partial charge in [0, 0.05) is 25.9 Å². The van der Waals surface area contributed by atoms with Crippen LogP contribution in [0.15, 0.2) is 0 Å². The van der Waals surface area contributed by atoms with Crippen molar-refractivity contribution >= 4 is 11.9 Å². The summed E-state index contributed by atoms with van der Waals surface area (Å²) in [5.41, 5.74) is 0. The van der Waals surface area contributed by atoms with Crippen LogP contribution < -0.4 is 0 Å². The Morgan fingerprint density at radius 1 is 1.27 bits per heavy atom. The summed E-state index contributed by atoms with van der Waals surface area (Å²) in [7, 11) is 1.80. The lowest BCUT2D eigenvalue weighted by Gasteiger charge is -2.23. The second-order valence-corrected chi connectivity index (χ2v) is 3.86. The van der Waals surface area contributed by atoms with Crippen molar-refractivity contribution in [1.82, 2.24) is 4.90 Å². The van der Waals surface area contributed by atoms with Gasteiger partial charge in [-0.3, -0.25) is 9.59 Å². The lowest BCUT2D eigenvalue weighted by atomic mass is 10.1. The third-order valence-corrected chi connectivity index (χ3v) is 2.68. The molecule has 0 spiro atoms. The first kappa shape index (κ1) is 13.9. The Morgan fingerprint density at radius 3 is 2.27 bits per heavy atom. The Bertz CT molecular complexity index is 216. The number of nitrogens with zero attached hydrogens (tertiary/aromatic N) is 1. The Balaban J connectivity index is 3.69. The molecule has 4 heteroatoms. The molecule has 0 saturated carbocycles. The molecule has 0 aromatic carbocycles. The number of carbonyl (C=O) groups is 2. The van der Waals surface area contributed by atoms with Crippen LogP contribution in [0.1, 0.15) is 46.0 Å². The van der Waals surface area contributed by atoms with Crippen molar-refractivity contribution < 1.29 is 14.7 Å². The molecule has 0 aliphatic heterocycles. The van der Waals surface area contributed by atoms with Gasteiger partial charge in [0.2, 0.25) is 5.91 Å². The van der Waals surface area contributed by atoms with Crippen molar-refractivity contribution in [3.63, 3.8) is 0 Å². The van der Waals surface area contributed by atoms with E-state index in [4.69, 9.17) is 5.11 Å². The molecule has 1 N–H and O–H groups in total. The van der Waals surface area contributed by atoms with Gasteiger partial charge in [-0.25, -0.2) is 0 Å². The lowest BCUT2D eigenvalue weighted by molar-refractivity contribution is -0.137. The first-order valence-corrected chi connectivity index (χ1v) is 5.46. The van der Waals surface area contributed by atoms with Crippen LogP contribution in [-0.4, -0.2) is 35.0 Å². The molecule has 0 aromatic heterocycles. The summed E-state index contributed by atoms with van der Waals surface area (Å²) in [5.74, 6) is -0.688. The molecule has 0 fully saturated rings. The van der Waals surface area contributed by atoms with Gasteiger partial charge in [0.1, 0.15) is 0 Å². The van der Waals surface area contributed by atoms with Crippen molar-refractivity contribution in [3.8, 4) is 0 Å². The minimum Gasteiger partial charge on any atom is -0.481 e. The molecule has 0 heterocycles. The average molecular weight is 215 g/mol. The van der Waals surface area contributed by atoms with Gasteiger partial charge < -0.3 is 10.0 Å². The molecule has 0 radical (unpaired) electrons. The second-order valence-electron chi connectivity index (χ2n) is 3.86. The number of hydrogen-bond acceptors (Lipinski definition) is 2. The largest absolute Gasteiger partial charge is 0.481 e. The van der Waals surface area contributed by atoms with Crippen LogP contribution >= 0.6 is 0 Å². The molecule has 0 rings (SSSR count). The third kappa shape index (κ3) is 6.10. The van der Waals surface area contributed by atoms with E-state index in [9.17, 15) is 9.59 Å². The predicted octanol–water partition coefficient (Wildman–Crippen LogP) is 1.89. The van der Waals surface area contributed by atoms with E-state index >= 15 is 0 Å². The minimum atomic E-state index is -0.794. The van der Waals surface area contributed by atoms with Crippen LogP contribution in [0.3, 0.4) is 0 Å². The first-order valence-electron chi connectivity index (χ1n) is 5.46. The zero-order chi connectivity index (χ0) is 11.8. The van der Waals surface area contributed by atoms with E-state index < -0.39 is 5.97 Å². The van der Waals surface area contributed by atoms with Crippen molar-refractivity contribution in [2.24, 2.45) is 0 Å². The third-order valence-electron chi connectivity index (χ3n) is 2.68. The maximum absolute atomic E-state index is 11.6. The number of rotatable bonds is 7. The quantitative estimate of drug-likeness (QED) is 0.660. The summed E-state index contributed by atoms with van der Waals surface area (Å²) < 4.78 is 0. The van der Waals surface area contributed by atoms with Gasteiger partial charge in [-0.2, -0.15) is 0 Å². The van der Waals surface area contributed by atoms with E-state index in [0.717, 1.165) is 6.42 Å². The molecule has 88 valence electrons. The Labute approximate surface area is 91.3 Å². The van der Waals surface area contributed by atoms with Gasteiger partial charge in [0.25, 0.3) is 0 Å². The van der Waals surface area contributed by atoms with Crippen molar-refractivity contribution in [1.29, 1.82) is 0 Å². The van der Waals surface area contributed by atoms with Crippen LogP contribution in [0, 0.1) is 0 Å². The normalized spacial score (nSPS) is 12.2. The van der Waals surface area contributed by atoms with Gasteiger partial charge in [0.05, 0.1) is 0 Å². The molecular formula is C11H21NO3. The number of carbonyl (C=O) groups excluding carboxylic acids is 1. The zero-order valence-corrected chi connectivity index (χ0v) is 9.82. The highest BCUT2D eigenvalue weighted by atomic mass is 16.4. The smallest absolute Gasteiger partial charge is 0.303 e. The number of unbranched alkanes of at least 4 members (excludes halogenated alkanes) is 1. The average Bonchev–Trinajstić information content (AvgIpc) is 2.21. The van der Waals surface area contributed by atoms with Gasteiger partial charge in [-0.1, -0.05) is 6.92 Å². The molecule has 0 aliphatic carbocycles. The molecule has 1 amide bonds. The van der Waals surface area contributed by atoms with E-state index in [1.54, 1.807) is 11.9 Å². The Morgan fingerprint density at radius 2 is 1.80 bits per heavy atom. The molecule has 1 atom stereocenters. The molecule has 1 unspecified atom stereocenters. The van der Waals surface area contributed by atoms with Gasteiger partial charge >= 0.3 is 5.97 Å². The molecular weight excluding hydrogens is 194 g/mol. The number of carboxylic acids is 1. The number of aliphatic carboxylic acids is 1. The number of amides is 1. The highest BCUT2D eigenvalue weighted by Crippen LogP contribution is 2.06. The van der Waals surface area contributed by atoms with Crippen molar-refractivity contribution in [2.45, 2.75) is 52.0 Å². The Hall–Kier alpha value is -1.06. The van der Waals surface area contributed by atoms with E-state index in [0.29, 0.717) is 19.3 Å². The summed E-state index contributed by atoms with van der Waals surface area (Å²) in [6.45, 7) is 4.05. The fraction of sp³-hybridized carbons (Fsp3) is 0.818. The summed E-state index contributed by atoms with van der Waals surface area (Å²) in [5, 5.41) is 8.42. The zero-order valence-electron chi connectivity index (χ0n) is 9.82. The van der Waals surface area contributed by atoms with E-state index in [1.165, 1.54) is 0 Å². The summed E-state index contributed by atoms with van der Waals surface area (Å²) in [6.07, 6.45) is 2.78. The summed E-state index contributed by atoms with van der Waals surface area (Å²) in [4.78, 5) is 23.5. The molecule has 4 nitrogen and oxygen atoms in total. The SMILES string of the molecule is CCC(C)N(C)C(=O)CCCCC(=O)O. The standard InChI is InChI=1S/C11H21NO3/c1-4-9(2)12(3)10(13)7-5-6-8-11(14)15/h9H,4-8H2,1-3H3,(H,14,15). The van der Waals surface area contributed by atoms with Gasteiger partial charge in [-0.05, 0) is 26.2 Å². The number of hydrogen-bond donors (Lipinski definition) is 1. The molecule has 0 aromatic rings. The van der Waals surface area contributed by atoms with Crippen LogP contribution in [0.25, 0.3) is 0 Å². The summed E-state index contributed by atoms with van der Waals surface area (Å²) in [6, 6.07) is 0.261. The van der Waals surface area contributed by atoms with E-state index in [2.05, 4.69) is 0 Å². The van der Waals surface area contributed by atoms with Crippen LogP contribution in [0.5, 0.6) is 0 Å². The Kier molecular flexibility index (Phi) is 6.75. The fourth-order valence-corrected chi connectivity index (χ4v) is 1.25. The maximum Gasteiger partial charge on any atom is 0.303 e. The number of carboxylic acid groups (broad SMARTS) is 1. The van der Waals surface area contributed by atoms with Crippen LogP contribution in [-0.2, 0) is 9.59 Å². The van der Waals surface area contributed by atoms with Crippen molar-refractivity contribution in [3.05, 3.63) is 0 Å². The summed E-state index contributed by atoms with van der Waals surface area (Å²) >= 11 is 0. The highest BCUT2D eigenvalue weighted by Gasteiger charge is 2.13. The molecule has 15 heavy (non-hydrogen) atoms. The van der Waals surface area contributed by atoms with Crippen LogP contribution in [0.4, 0.5) is 0 Å². The topological polar surface area (TPSA) is 57.6 Å². The van der Waals surface area contributed by atoms with E-state index in [-0.39, 0.29) is 18.4 Å². The highest BCUT2D eigenvalue weighted by molar-refractivity contribution is 5.76. The lowest BCUT2D eigenvalue weighted by Crippen LogP contribution is -2.34. The first-order chi connectivity index (χ1) is 6.99. The van der Waals surface area contributed by atoms with Gasteiger partial charge in [0.15, 0.2) is 0 Å². The molecule has 0 bridgehead atoms. The predicted molar refractivity (Wildman–Crippen MR) is 58.6 cm³/mol. The van der Waals surface area contributed by atoms with Crippen molar-refractivity contribution in [2.75, 3.05) is 7.05 Å². The minimum absolute atomic E-state index is 0.106. The second kappa shape index (κ2) is 7.26. The molecule has 0 aliphatic rings. The molecule has 0 saturated heterocycles. The van der Waals surface area contributed by atoms with E-state index in [1.807, 2.05) is 13.8 Å². The van der Waals surface area contributed by atoms with Gasteiger partial charge in [-0.15, -0.1) is 0 Å². The monoisotopic (exact) mass is 215 g/mol. The maximum atomic E-state index is 11.6. The fourth-order valence-electron chi connectivity index (χ4n) is 1.25. The van der Waals surface area contributed by atoms with Crippen LogP contribution in [0.2, 0.25) is 0 Å².